The number of rotatable bonds is 8. The lowest BCUT2D eigenvalue weighted by molar-refractivity contribution is -0.138. The van der Waals surface area contributed by atoms with Gasteiger partial charge in [0.2, 0.25) is 0 Å². The van der Waals surface area contributed by atoms with Gasteiger partial charge in [-0.25, -0.2) is 4.39 Å². The largest absolute Gasteiger partial charge is 0.467 e. The van der Waals surface area contributed by atoms with Crippen LogP contribution in [0.2, 0.25) is 0 Å². The summed E-state index contributed by atoms with van der Waals surface area (Å²) in [6.07, 6.45) is 1.48. The maximum atomic E-state index is 13.4. The van der Waals surface area contributed by atoms with E-state index in [1.54, 1.807) is 48.5 Å². The van der Waals surface area contributed by atoms with E-state index in [1.807, 2.05) is 18.2 Å². The van der Waals surface area contributed by atoms with Crippen LogP contribution < -0.4 is 10.6 Å². The number of benzene rings is 3. The van der Waals surface area contributed by atoms with Crippen molar-refractivity contribution in [2.45, 2.75) is 11.4 Å². The van der Waals surface area contributed by atoms with Gasteiger partial charge in [-0.1, -0.05) is 36.0 Å². The molecule has 5 rings (SSSR count). The molecule has 4 aromatic rings. The van der Waals surface area contributed by atoms with Gasteiger partial charge in [0.25, 0.3) is 17.7 Å². The van der Waals surface area contributed by atoms with Gasteiger partial charge < -0.3 is 15.1 Å². The summed E-state index contributed by atoms with van der Waals surface area (Å²) in [5.41, 5.74) is 1.62. The number of thioether (sulfide) groups is 1. The molecule has 2 heterocycles. The fourth-order valence-corrected chi connectivity index (χ4v) is 4.69. The second kappa shape index (κ2) is 10.5. The first-order chi connectivity index (χ1) is 18.0. The number of carbonyl (C=O) groups excluding carboxylic acids is 3. The normalized spacial score (nSPS) is 13.3. The van der Waals surface area contributed by atoms with Gasteiger partial charge in [-0.15, -0.1) is 0 Å². The summed E-state index contributed by atoms with van der Waals surface area (Å²) < 4.78 is 18.5. The fraction of sp³-hybridized carbons (Fsp3) is 0.0357. The quantitative estimate of drug-likeness (QED) is 0.296. The van der Waals surface area contributed by atoms with Crippen molar-refractivity contribution in [2.75, 3.05) is 10.6 Å². The molecule has 1 aliphatic rings. The first kappa shape index (κ1) is 24.1. The van der Waals surface area contributed by atoms with Gasteiger partial charge in [-0.05, 0) is 66.7 Å². The number of carbonyl (C=O) groups is 3. The summed E-state index contributed by atoms with van der Waals surface area (Å²) in [4.78, 5) is 41.2. The predicted molar refractivity (Wildman–Crippen MR) is 138 cm³/mol. The van der Waals surface area contributed by atoms with E-state index in [9.17, 15) is 18.8 Å². The van der Waals surface area contributed by atoms with E-state index in [-0.39, 0.29) is 17.1 Å². The molecular formula is C28H20FN3O4S. The third-order valence-corrected chi connectivity index (χ3v) is 6.55. The van der Waals surface area contributed by atoms with E-state index < -0.39 is 23.5 Å². The Morgan fingerprint density at radius 2 is 1.62 bits per heavy atom. The summed E-state index contributed by atoms with van der Waals surface area (Å²) >= 11 is 1.12. The highest BCUT2D eigenvalue weighted by molar-refractivity contribution is 8.04. The second-order valence-corrected chi connectivity index (χ2v) is 9.15. The minimum Gasteiger partial charge on any atom is -0.467 e. The van der Waals surface area contributed by atoms with Crippen molar-refractivity contribution in [3.8, 4) is 0 Å². The summed E-state index contributed by atoms with van der Waals surface area (Å²) in [7, 11) is 0. The molecule has 0 fully saturated rings. The van der Waals surface area contributed by atoms with Gasteiger partial charge in [0, 0.05) is 21.8 Å². The van der Waals surface area contributed by atoms with Crippen molar-refractivity contribution in [3.05, 3.63) is 125 Å². The lowest BCUT2D eigenvalue weighted by Gasteiger charge is -2.13. The summed E-state index contributed by atoms with van der Waals surface area (Å²) in [6.45, 7) is 0.00244. The highest BCUT2D eigenvalue weighted by Gasteiger charge is 2.39. The molecule has 9 heteroatoms. The zero-order valence-electron chi connectivity index (χ0n) is 19.3. The summed E-state index contributed by atoms with van der Waals surface area (Å²) in [5, 5.41) is 5.86. The molecule has 0 saturated heterocycles. The zero-order chi connectivity index (χ0) is 25.8. The third-order valence-electron chi connectivity index (χ3n) is 5.48. The molecule has 37 heavy (non-hydrogen) atoms. The molecule has 0 atom stereocenters. The second-order valence-electron chi connectivity index (χ2n) is 8.06. The molecule has 2 N–H and O–H groups in total. The molecule has 1 aromatic heterocycles. The Labute approximate surface area is 216 Å². The first-order valence-corrected chi connectivity index (χ1v) is 12.1. The number of amides is 3. The van der Waals surface area contributed by atoms with Crippen LogP contribution in [0.15, 0.2) is 117 Å². The highest BCUT2D eigenvalue weighted by Crippen LogP contribution is 2.37. The summed E-state index contributed by atoms with van der Waals surface area (Å²) in [5.74, 6) is -1.26. The van der Waals surface area contributed by atoms with Gasteiger partial charge in [-0.2, -0.15) is 0 Å². The molecule has 3 aromatic carbocycles. The topological polar surface area (TPSA) is 91.7 Å². The number of hydrogen-bond acceptors (Lipinski definition) is 6. The predicted octanol–water partition coefficient (Wildman–Crippen LogP) is 5.66. The average molecular weight is 514 g/mol. The minimum atomic E-state index is -0.464. The number of nitrogens with one attached hydrogen (secondary N) is 2. The van der Waals surface area contributed by atoms with Crippen molar-refractivity contribution < 1.29 is 23.2 Å². The number of para-hydroxylation sites is 1. The Bertz CT molecular complexity index is 1490. The van der Waals surface area contributed by atoms with Crippen molar-refractivity contribution in [1.29, 1.82) is 0 Å². The SMILES string of the molecule is O=C(Nc1cccc(SC2=C(Nc3ccccc3)C(=O)N(Cc3ccco3)C2=O)c1)c1ccc(F)cc1. The van der Waals surface area contributed by atoms with Crippen LogP contribution in [-0.4, -0.2) is 22.6 Å². The first-order valence-electron chi connectivity index (χ1n) is 11.3. The number of halogens is 1. The molecule has 0 spiro atoms. The maximum absolute atomic E-state index is 13.4. The number of furan rings is 1. The summed E-state index contributed by atoms with van der Waals surface area (Å²) in [6, 6.07) is 24.6. The van der Waals surface area contributed by atoms with E-state index in [4.69, 9.17) is 4.42 Å². The van der Waals surface area contributed by atoms with E-state index in [1.165, 1.54) is 30.5 Å². The molecule has 3 amide bonds. The van der Waals surface area contributed by atoms with E-state index in [0.29, 0.717) is 27.6 Å². The van der Waals surface area contributed by atoms with Crippen molar-refractivity contribution in [3.63, 3.8) is 0 Å². The van der Waals surface area contributed by atoms with E-state index in [0.717, 1.165) is 16.7 Å². The van der Waals surface area contributed by atoms with Crippen molar-refractivity contribution in [1.82, 2.24) is 4.90 Å². The molecule has 0 aliphatic carbocycles. The maximum Gasteiger partial charge on any atom is 0.278 e. The third kappa shape index (κ3) is 5.46. The minimum absolute atomic E-state index is 0.00244. The van der Waals surface area contributed by atoms with Crippen molar-refractivity contribution >= 4 is 40.9 Å². The van der Waals surface area contributed by atoms with Crippen molar-refractivity contribution in [2.24, 2.45) is 0 Å². The van der Waals surface area contributed by atoms with Gasteiger partial charge in [0.05, 0.1) is 12.8 Å². The van der Waals surface area contributed by atoms with Gasteiger partial charge in [0.15, 0.2) is 0 Å². The lowest BCUT2D eigenvalue weighted by Crippen LogP contribution is -2.31. The van der Waals surface area contributed by atoms with Crippen LogP contribution in [0.4, 0.5) is 15.8 Å². The van der Waals surface area contributed by atoms with Crippen LogP contribution in [0.1, 0.15) is 16.1 Å². The Morgan fingerprint density at radius 1 is 0.865 bits per heavy atom. The van der Waals surface area contributed by atoms with Gasteiger partial charge in [0.1, 0.15) is 22.2 Å². The number of nitrogens with zero attached hydrogens (tertiary/aromatic N) is 1. The average Bonchev–Trinajstić information content (AvgIpc) is 3.49. The Hall–Kier alpha value is -4.63. The van der Waals surface area contributed by atoms with Crippen LogP contribution in [0.5, 0.6) is 0 Å². The molecule has 1 aliphatic heterocycles. The van der Waals surface area contributed by atoms with E-state index in [2.05, 4.69) is 10.6 Å². The number of imide groups is 1. The fourth-order valence-electron chi connectivity index (χ4n) is 3.69. The van der Waals surface area contributed by atoms with Crippen LogP contribution >= 0.6 is 11.8 Å². The van der Waals surface area contributed by atoms with E-state index >= 15 is 0 Å². The smallest absolute Gasteiger partial charge is 0.278 e. The molecule has 0 saturated carbocycles. The van der Waals surface area contributed by atoms with Gasteiger partial charge >= 0.3 is 0 Å². The van der Waals surface area contributed by atoms with Gasteiger partial charge in [-0.3, -0.25) is 19.3 Å². The zero-order valence-corrected chi connectivity index (χ0v) is 20.1. The molecule has 184 valence electrons. The Kier molecular flexibility index (Phi) is 6.87. The van der Waals surface area contributed by atoms with Crippen LogP contribution in [0.3, 0.4) is 0 Å². The lowest BCUT2D eigenvalue weighted by atomic mass is 10.2. The van der Waals surface area contributed by atoms with Crippen LogP contribution in [0, 0.1) is 5.82 Å². The number of hydrogen-bond donors (Lipinski definition) is 2. The molecule has 0 radical (unpaired) electrons. The van der Waals surface area contributed by atoms with Crippen LogP contribution in [-0.2, 0) is 16.1 Å². The molecule has 0 unspecified atom stereocenters. The highest BCUT2D eigenvalue weighted by atomic mass is 32.2. The molecular weight excluding hydrogens is 493 g/mol. The Morgan fingerprint density at radius 3 is 2.35 bits per heavy atom. The van der Waals surface area contributed by atoms with Crippen LogP contribution in [0.25, 0.3) is 0 Å². The molecule has 7 nitrogen and oxygen atoms in total. The Balaban J connectivity index is 1.40. The standard InChI is InChI=1S/C28H20FN3O4S/c29-19-13-11-18(12-14-19)26(33)31-21-8-4-10-23(16-21)37-25-24(30-20-6-2-1-3-7-20)27(34)32(28(25)35)17-22-9-5-15-36-22/h1-16,30H,17H2,(H,31,33). The number of anilines is 2. The monoisotopic (exact) mass is 513 g/mol. The molecule has 0 bridgehead atoms.